The van der Waals surface area contributed by atoms with Crippen molar-refractivity contribution in [2.24, 2.45) is 0 Å². The number of fused-ring (bicyclic) bond motifs is 1. The molecule has 0 spiro atoms. The number of hydrogen-bond acceptors (Lipinski definition) is 4. The molecule has 2 aliphatic rings. The predicted molar refractivity (Wildman–Crippen MR) is 123 cm³/mol. The second-order valence-corrected chi connectivity index (χ2v) is 9.68. The zero-order chi connectivity index (χ0) is 21.3. The van der Waals surface area contributed by atoms with Gasteiger partial charge in [-0.25, -0.2) is 0 Å². The molecule has 1 atom stereocenters. The number of piperazine rings is 1. The largest absolute Gasteiger partial charge is 0.493 e. The molecule has 1 N–H and O–H groups in total. The standard InChI is InChI=1S/C26H36N2O2/c1-18(2)20-8-6-7-9-21(20)23-17-28(12-11-27-23)16-19-14-22-25(24(15-19)29-5)30-13-10-26(22,3)4/h6-9,14-15,18,23,27H,10-13,16-17H2,1-5H3/t23-/m0/s1. The van der Waals surface area contributed by atoms with Gasteiger partial charge in [-0.15, -0.1) is 0 Å². The van der Waals surface area contributed by atoms with Gasteiger partial charge in [0.15, 0.2) is 11.5 Å². The molecule has 162 valence electrons. The van der Waals surface area contributed by atoms with Crippen LogP contribution in [0.3, 0.4) is 0 Å². The van der Waals surface area contributed by atoms with E-state index in [2.05, 4.69) is 74.3 Å². The molecule has 2 heterocycles. The van der Waals surface area contributed by atoms with Crippen molar-refractivity contribution in [3.05, 3.63) is 58.7 Å². The lowest BCUT2D eigenvalue weighted by atomic mass is 9.79. The van der Waals surface area contributed by atoms with Crippen molar-refractivity contribution in [3.63, 3.8) is 0 Å². The van der Waals surface area contributed by atoms with Gasteiger partial charge in [-0.3, -0.25) is 4.90 Å². The SMILES string of the molecule is COc1cc(CN2CCN[C@H](c3ccccc3C(C)C)C2)cc2c1OCCC2(C)C. The van der Waals surface area contributed by atoms with Gasteiger partial charge < -0.3 is 14.8 Å². The van der Waals surface area contributed by atoms with E-state index in [0.717, 1.165) is 50.7 Å². The Labute approximate surface area is 181 Å². The zero-order valence-electron chi connectivity index (χ0n) is 19.1. The highest BCUT2D eigenvalue weighted by Crippen LogP contribution is 2.44. The molecule has 2 aromatic rings. The summed E-state index contributed by atoms with van der Waals surface area (Å²) in [6.07, 6.45) is 1.04. The summed E-state index contributed by atoms with van der Waals surface area (Å²) in [6, 6.07) is 13.8. The topological polar surface area (TPSA) is 33.7 Å². The summed E-state index contributed by atoms with van der Waals surface area (Å²) in [5, 5.41) is 3.75. The number of nitrogens with one attached hydrogen (secondary N) is 1. The monoisotopic (exact) mass is 408 g/mol. The molecule has 1 saturated heterocycles. The van der Waals surface area contributed by atoms with Gasteiger partial charge in [0, 0.05) is 37.8 Å². The van der Waals surface area contributed by atoms with E-state index >= 15 is 0 Å². The van der Waals surface area contributed by atoms with Crippen LogP contribution in [0.4, 0.5) is 0 Å². The molecular weight excluding hydrogens is 372 g/mol. The van der Waals surface area contributed by atoms with Crippen LogP contribution in [-0.2, 0) is 12.0 Å². The maximum atomic E-state index is 5.99. The molecule has 30 heavy (non-hydrogen) atoms. The van der Waals surface area contributed by atoms with E-state index < -0.39 is 0 Å². The number of rotatable bonds is 5. The summed E-state index contributed by atoms with van der Waals surface area (Å²) in [6.45, 7) is 13.9. The molecule has 4 heteroatoms. The van der Waals surface area contributed by atoms with Gasteiger partial charge in [-0.1, -0.05) is 52.0 Å². The minimum Gasteiger partial charge on any atom is -0.493 e. The van der Waals surface area contributed by atoms with Crippen molar-refractivity contribution in [1.29, 1.82) is 0 Å². The average Bonchev–Trinajstić information content (AvgIpc) is 2.73. The van der Waals surface area contributed by atoms with Crippen molar-refractivity contribution in [2.45, 2.75) is 58.0 Å². The minimum atomic E-state index is 0.110. The van der Waals surface area contributed by atoms with E-state index in [1.54, 1.807) is 7.11 Å². The van der Waals surface area contributed by atoms with Gasteiger partial charge >= 0.3 is 0 Å². The van der Waals surface area contributed by atoms with Crippen LogP contribution in [0.15, 0.2) is 36.4 Å². The lowest BCUT2D eigenvalue weighted by molar-refractivity contribution is 0.191. The summed E-state index contributed by atoms with van der Waals surface area (Å²) in [7, 11) is 1.74. The van der Waals surface area contributed by atoms with Crippen molar-refractivity contribution in [3.8, 4) is 11.5 Å². The minimum absolute atomic E-state index is 0.110. The van der Waals surface area contributed by atoms with Gasteiger partial charge in [-0.05, 0) is 46.6 Å². The van der Waals surface area contributed by atoms with E-state index in [9.17, 15) is 0 Å². The Bertz CT molecular complexity index is 891. The first kappa shape index (κ1) is 21.2. The van der Waals surface area contributed by atoms with Crippen LogP contribution >= 0.6 is 0 Å². The highest BCUT2D eigenvalue weighted by Gasteiger charge is 2.32. The van der Waals surface area contributed by atoms with Crippen molar-refractivity contribution < 1.29 is 9.47 Å². The van der Waals surface area contributed by atoms with Gasteiger partial charge in [-0.2, -0.15) is 0 Å². The second kappa shape index (κ2) is 8.60. The van der Waals surface area contributed by atoms with Crippen LogP contribution in [0.2, 0.25) is 0 Å². The van der Waals surface area contributed by atoms with Crippen molar-refractivity contribution >= 4 is 0 Å². The zero-order valence-corrected chi connectivity index (χ0v) is 19.1. The third kappa shape index (κ3) is 4.21. The Morgan fingerprint density at radius 3 is 2.80 bits per heavy atom. The fourth-order valence-electron chi connectivity index (χ4n) is 4.87. The number of hydrogen-bond donors (Lipinski definition) is 1. The molecule has 0 radical (unpaired) electrons. The van der Waals surface area contributed by atoms with Crippen LogP contribution in [0, 0.1) is 0 Å². The normalized spacial score (nSPS) is 21.2. The molecule has 0 aromatic heterocycles. The molecule has 2 aromatic carbocycles. The Morgan fingerprint density at radius 1 is 1.23 bits per heavy atom. The van der Waals surface area contributed by atoms with E-state index in [-0.39, 0.29) is 5.41 Å². The van der Waals surface area contributed by atoms with Crippen molar-refractivity contribution in [1.82, 2.24) is 10.2 Å². The first-order valence-corrected chi connectivity index (χ1v) is 11.3. The van der Waals surface area contributed by atoms with E-state index in [1.165, 1.54) is 22.3 Å². The Morgan fingerprint density at radius 2 is 2.03 bits per heavy atom. The van der Waals surface area contributed by atoms with Crippen LogP contribution < -0.4 is 14.8 Å². The molecule has 0 saturated carbocycles. The summed E-state index contributed by atoms with van der Waals surface area (Å²) in [5.41, 5.74) is 5.59. The van der Waals surface area contributed by atoms with Crippen LogP contribution in [0.25, 0.3) is 0 Å². The summed E-state index contributed by atoms with van der Waals surface area (Å²) >= 11 is 0. The van der Waals surface area contributed by atoms with Gasteiger partial charge in [0.25, 0.3) is 0 Å². The molecule has 2 aliphatic heterocycles. The fourth-order valence-corrected chi connectivity index (χ4v) is 4.87. The van der Waals surface area contributed by atoms with Gasteiger partial charge in [0.05, 0.1) is 13.7 Å². The molecular formula is C26H36N2O2. The number of ether oxygens (including phenoxy) is 2. The maximum absolute atomic E-state index is 5.99. The molecule has 0 amide bonds. The summed E-state index contributed by atoms with van der Waals surface area (Å²) < 4.78 is 11.7. The number of methoxy groups -OCH3 is 1. The van der Waals surface area contributed by atoms with Crippen LogP contribution in [0.5, 0.6) is 11.5 Å². The molecule has 0 unspecified atom stereocenters. The first-order chi connectivity index (χ1) is 14.4. The second-order valence-electron chi connectivity index (χ2n) is 9.68. The van der Waals surface area contributed by atoms with Crippen LogP contribution in [0.1, 0.15) is 68.3 Å². The van der Waals surface area contributed by atoms with Gasteiger partial charge in [0.2, 0.25) is 0 Å². The Kier molecular flexibility index (Phi) is 6.08. The third-order valence-electron chi connectivity index (χ3n) is 6.70. The van der Waals surface area contributed by atoms with E-state index in [1.807, 2.05) is 0 Å². The third-order valence-corrected chi connectivity index (χ3v) is 6.70. The summed E-state index contributed by atoms with van der Waals surface area (Å²) in [4.78, 5) is 2.57. The molecule has 0 aliphatic carbocycles. The fraction of sp³-hybridized carbons (Fsp3) is 0.538. The summed E-state index contributed by atoms with van der Waals surface area (Å²) in [5.74, 6) is 2.33. The smallest absolute Gasteiger partial charge is 0.164 e. The molecule has 1 fully saturated rings. The molecule has 4 rings (SSSR count). The Hall–Kier alpha value is -2.04. The Balaban J connectivity index is 1.57. The molecule has 0 bridgehead atoms. The lowest BCUT2D eigenvalue weighted by Gasteiger charge is -2.36. The highest BCUT2D eigenvalue weighted by atomic mass is 16.5. The first-order valence-electron chi connectivity index (χ1n) is 11.3. The number of nitrogens with zero attached hydrogens (tertiary/aromatic N) is 1. The average molecular weight is 409 g/mol. The maximum Gasteiger partial charge on any atom is 0.164 e. The quantitative estimate of drug-likeness (QED) is 0.753. The van der Waals surface area contributed by atoms with Crippen LogP contribution in [-0.4, -0.2) is 38.3 Å². The lowest BCUT2D eigenvalue weighted by Crippen LogP contribution is -2.45. The number of benzene rings is 2. The van der Waals surface area contributed by atoms with Gasteiger partial charge in [0.1, 0.15) is 0 Å². The predicted octanol–water partition coefficient (Wildman–Crippen LogP) is 5.03. The molecule has 4 nitrogen and oxygen atoms in total. The van der Waals surface area contributed by atoms with E-state index in [4.69, 9.17) is 9.47 Å². The van der Waals surface area contributed by atoms with E-state index in [0.29, 0.717) is 12.0 Å². The highest BCUT2D eigenvalue weighted by molar-refractivity contribution is 5.53. The van der Waals surface area contributed by atoms with Crippen molar-refractivity contribution in [2.75, 3.05) is 33.4 Å².